The van der Waals surface area contributed by atoms with Gasteiger partial charge in [0.15, 0.2) is 0 Å². The van der Waals surface area contributed by atoms with Gasteiger partial charge in [0.1, 0.15) is 5.69 Å². The number of nitro groups is 2. The minimum atomic E-state index is -0.636. The number of hydrogen-bond acceptors (Lipinski definition) is 6. The Kier molecular flexibility index (Phi) is 11.3. The van der Waals surface area contributed by atoms with Crippen molar-refractivity contribution >= 4 is 22.8 Å². The molecule has 0 spiro atoms. The normalized spacial score (nSPS) is 17.5. The van der Waals surface area contributed by atoms with E-state index in [2.05, 4.69) is 22.7 Å². The average molecular weight is 431 g/mol. The van der Waals surface area contributed by atoms with Gasteiger partial charge in [-0.25, -0.2) is 0 Å². The second kappa shape index (κ2) is 14.3. The van der Waals surface area contributed by atoms with Crippen LogP contribution in [0.4, 0.5) is 17.1 Å². The van der Waals surface area contributed by atoms with E-state index in [0.717, 1.165) is 50.3 Å². The molecule has 0 fully saturated rings. The highest BCUT2D eigenvalue weighted by Crippen LogP contribution is 2.29. The number of hydrogen-bond donors (Lipinski definition) is 1. The molecule has 0 aromatic heterocycles. The molecule has 0 radical (unpaired) electrons. The Balaban J connectivity index is 2.01. The van der Waals surface area contributed by atoms with Gasteiger partial charge in [-0.05, 0) is 57.4 Å². The molecule has 1 aromatic carbocycles. The van der Waals surface area contributed by atoms with Gasteiger partial charge in [0.2, 0.25) is 0 Å². The first kappa shape index (κ1) is 24.5. The molecule has 170 valence electrons. The number of benzene rings is 1. The van der Waals surface area contributed by atoms with Crippen LogP contribution in [0.5, 0.6) is 0 Å². The molecule has 0 saturated heterocycles. The molecule has 0 saturated carbocycles. The Morgan fingerprint density at radius 3 is 1.84 bits per heavy atom. The first-order chi connectivity index (χ1) is 15.1. The average Bonchev–Trinajstić information content (AvgIpc) is 2.76. The fraction of sp³-hybridized carbons (Fsp3) is 0.609. The van der Waals surface area contributed by atoms with E-state index in [1.54, 1.807) is 0 Å². The van der Waals surface area contributed by atoms with E-state index in [4.69, 9.17) is 0 Å². The van der Waals surface area contributed by atoms with Crippen molar-refractivity contribution in [1.82, 2.24) is 0 Å². The van der Waals surface area contributed by atoms with Crippen LogP contribution in [0.1, 0.15) is 89.9 Å². The molecule has 31 heavy (non-hydrogen) atoms. The van der Waals surface area contributed by atoms with Crippen molar-refractivity contribution in [2.45, 2.75) is 89.9 Å². The molecule has 1 aliphatic carbocycles. The fourth-order valence-electron chi connectivity index (χ4n) is 3.73. The van der Waals surface area contributed by atoms with E-state index in [9.17, 15) is 20.2 Å². The van der Waals surface area contributed by atoms with Gasteiger partial charge < -0.3 is 0 Å². The third-order valence-electron chi connectivity index (χ3n) is 5.56. The van der Waals surface area contributed by atoms with Crippen molar-refractivity contribution in [2.75, 3.05) is 5.43 Å². The number of hydrazone groups is 1. The molecule has 0 heterocycles. The highest BCUT2D eigenvalue weighted by Gasteiger charge is 2.19. The third-order valence-corrected chi connectivity index (χ3v) is 5.56. The number of non-ortho nitro benzene ring substituents is 1. The maximum atomic E-state index is 11.3. The molecule has 0 amide bonds. The summed E-state index contributed by atoms with van der Waals surface area (Å²) in [5.74, 6) is 0. The number of anilines is 1. The molecular weight excluding hydrogens is 396 g/mol. The van der Waals surface area contributed by atoms with Gasteiger partial charge in [-0.2, -0.15) is 5.10 Å². The predicted octanol–water partition coefficient (Wildman–Crippen LogP) is 7.30. The summed E-state index contributed by atoms with van der Waals surface area (Å²) in [5, 5.41) is 26.7. The van der Waals surface area contributed by atoms with Crippen molar-refractivity contribution in [3.8, 4) is 0 Å². The lowest BCUT2D eigenvalue weighted by atomic mass is 10.0. The van der Waals surface area contributed by atoms with Crippen molar-refractivity contribution in [3.05, 3.63) is 50.6 Å². The molecular formula is C23H34N4O4. The largest absolute Gasteiger partial charge is 0.301 e. The van der Waals surface area contributed by atoms with E-state index < -0.39 is 9.85 Å². The Morgan fingerprint density at radius 1 is 0.742 bits per heavy atom. The number of nitrogens with one attached hydrogen (secondary N) is 1. The molecule has 1 N–H and O–H groups in total. The molecule has 1 aromatic rings. The van der Waals surface area contributed by atoms with Gasteiger partial charge in [-0.3, -0.25) is 25.7 Å². The van der Waals surface area contributed by atoms with Crippen LogP contribution in [-0.4, -0.2) is 15.6 Å². The second-order valence-electron chi connectivity index (χ2n) is 8.09. The van der Waals surface area contributed by atoms with Crippen LogP contribution in [0.3, 0.4) is 0 Å². The number of nitrogens with zero attached hydrogens (tertiary/aromatic N) is 3. The summed E-state index contributed by atoms with van der Waals surface area (Å²) in [6, 6.07) is 3.58. The standard InChI is InChI=1S/C23H34N4O4/c28-26(29)21-17-18-22(23(19-21)27(30)31)25-24-20-15-13-11-9-7-5-3-1-2-4-6-8-10-12-14-16-20/h1-2,17-19,25H,3-16H2. The van der Waals surface area contributed by atoms with Crippen LogP contribution >= 0.6 is 0 Å². The molecule has 0 unspecified atom stereocenters. The molecule has 8 heteroatoms. The first-order valence-corrected chi connectivity index (χ1v) is 11.5. The molecule has 0 atom stereocenters. The van der Waals surface area contributed by atoms with Gasteiger partial charge in [-0.1, -0.05) is 50.7 Å². The smallest absolute Gasteiger partial charge is 0.272 e. The van der Waals surface area contributed by atoms with Crippen LogP contribution in [0.2, 0.25) is 0 Å². The number of allylic oxidation sites excluding steroid dienone is 2. The molecule has 1 aliphatic rings. The van der Waals surface area contributed by atoms with Crippen molar-refractivity contribution in [1.29, 1.82) is 0 Å². The van der Waals surface area contributed by atoms with Gasteiger partial charge in [-0.15, -0.1) is 0 Å². The summed E-state index contributed by atoms with van der Waals surface area (Å²) >= 11 is 0. The SMILES string of the molecule is O=[N+]([O-])c1ccc(NN=C2CCCCCCCC=CCCCCCCC2)c([N+](=O)[O-])c1. The summed E-state index contributed by atoms with van der Waals surface area (Å²) < 4.78 is 0. The van der Waals surface area contributed by atoms with Crippen LogP contribution < -0.4 is 5.43 Å². The Morgan fingerprint density at radius 2 is 1.29 bits per heavy atom. The minimum Gasteiger partial charge on any atom is -0.272 e. The van der Waals surface area contributed by atoms with E-state index in [1.807, 2.05) is 0 Å². The molecule has 2 rings (SSSR count). The highest BCUT2D eigenvalue weighted by atomic mass is 16.6. The first-order valence-electron chi connectivity index (χ1n) is 11.5. The van der Waals surface area contributed by atoms with E-state index in [-0.39, 0.29) is 17.1 Å². The zero-order chi connectivity index (χ0) is 22.3. The summed E-state index contributed by atoms with van der Waals surface area (Å²) in [6.45, 7) is 0. The van der Waals surface area contributed by atoms with E-state index in [1.165, 1.54) is 63.5 Å². The van der Waals surface area contributed by atoms with Crippen molar-refractivity contribution < 1.29 is 9.85 Å². The quantitative estimate of drug-likeness (QED) is 0.306. The summed E-state index contributed by atoms with van der Waals surface area (Å²) in [4.78, 5) is 21.0. The van der Waals surface area contributed by atoms with Gasteiger partial charge >= 0.3 is 5.69 Å². The second-order valence-corrected chi connectivity index (χ2v) is 8.09. The van der Waals surface area contributed by atoms with Gasteiger partial charge in [0.05, 0.1) is 15.9 Å². The van der Waals surface area contributed by atoms with Crippen LogP contribution in [0.15, 0.2) is 35.5 Å². The minimum absolute atomic E-state index is 0.180. The zero-order valence-corrected chi connectivity index (χ0v) is 18.3. The van der Waals surface area contributed by atoms with Crippen LogP contribution in [-0.2, 0) is 0 Å². The topological polar surface area (TPSA) is 111 Å². The Hall–Kier alpha value is -2.77. The number of nitro benzene ring substituents is 2. The molecule has 0 bridgehead atoms. The Bertz CT molecular complexity index is 755. The van der Waals surface area contributed by atoms with Crippen LogP contribution in [0, 0.1) is 20.2 Å². The van der Waals surface area contributed by atoms with Gasteiger partial charge in [0, 0.05) is 11.8 Å². The predicted molar refractivity (Wildman–Crippen MR) is 125 cm³/mol. The van der Waals surface area contributed by atoms with E-state index in [0.29, 0.717) is 0 Å². The lowest BCUT2D eigenvalue weighted by molar-refractivity contribution is -0.393. The maximum absolute atomic E-state index is 11.3. The van der Waals surface area contributed by atoms with E-state index >= 15 is 0 Å². The lowest BCUT2D eigenvalue weighted by Crippen LogP contribution is -2.05. The fourth-order valence-corrected chi connectivity index (χ4v) is 3.73. The van der Waals surface area contributed by atoms with Crippen molar-refractivity contribution in [3.63, 3.8) is 0 Å². The lowest BCUT2D eigenvalue weighted by Gasteiger charge is -2.09. The van der Waals surface area contributed by atoms with Crippen LogP contribution in [0.25, 0.3) is 0 Å². The number of rotatable bonds is 4. The van der Waals surface area contributed by atoms with Crippen molar-refractivity contribution in [2.24, 2.45) is 5.10 Å². The molecule has 8 nitrogen and oxygen atoms in total. The maximum Gasteiger partial charge on any atom is 0.301 e. The highest BCUT2D eigenvalue weighted by molar-refractivity contribution is 5.85. The summed E-state index contributed by atoms with van der Waals surface area (Å²) in [6.07, 6.45) is 20.5. The molecule has 0 aliphatic heterocycles. The Labute approximate surface area is 184 Å². The third kappa shape index (κ3) is 9.72. The van der Waals surface area contributed by atoms with Gasteiger partial charge in [0.25, 0.3) is 5.69 Å². The summed E-state index contributed by atoms with van der Waals surface area (Å²) in [5.41, 5.74) is 3.36. The summed E-state index contributed by atoms with van der Waals surface area (Å²) in [7, 11) is 0. The zero-order valence-electron chi connectivity index (χ0n) is 18.3. The monoisotopic (exact) mass is 430 g/mol.